The van der Waals surface area contributed by atoms with E-state index in [9.17, 15) is 14.4 Å². The van der Waals surface area contributed by atoms with E-state index in [0.717, 1.165) is 27.9 Å². The number of amides is 1. The second-order valence-electron chi connectivity index (χ2n) is 8.31. The third kappa shape index (κ3) is 4.86. The second kappa shape index (κ2) is 10.9. The van der Waals surface area contributed by atoms with Gasteiger partial charge in [-0.05, 0) is 40.8 Å². The zero-order valence-electron chi connectivity index (χ0n) is 20.3. The number of carbonyl (C=O) groups excluding carboxylic acids is 3. The molecular formula is C29H28N2O5. The number of carbonyl (C=O) groups is 3. The molecule has 0 fully saturated rings. The van der Waals surface area contributed by atoms with Crippen molar-refractivity contribution < 1.29 is 23.9 Å². The maximum Gasteiger partial charge on any atom is 0.308 e. The van der Waals surface area contributed by atoms with Gasteiger partial charge >= 0.3 is 5.97 Å². The van der Waals surface area contributed by atoms with Crippen molar-refractivity contribution in [3.8, 4) is 16.9 Å². The predicted molar refractivity (Wildman–Crippen MR) is 137 cm³/mol. The van der Waals surface area contributed by atoms with Gasteiger partial charge in [-0.15, -0.1) is 0 Å². The predicted octanol–water partition coefficient (Wildman–Crippen LogP) is 4.37. The van der Waals surface area contributed by atoms with Crippen LogP contribution in [0.25, 0.3) is 16.6 Å². The molecule has 0 saturated heterocycles. The third-order valence-corrected chi connectivity index (χ3v) is 6.19. The van der Waals surface area contributed by atoms with E-state index in [0.29, 0.717) is 24.1 Å². The summed E-state index contributed by atoms with van der Waals surface area (Å²) in [6, 6.07) is 21.7. The van der Waals surface area contributed by atoms with Crippen molar-refractivity contribution in [1.29, 1.82) is 0 Å². The Kier molecular flexibility index (Phi) is 7.49. The zero-order valence-corrected chi connectivity index (χ0v) is 20.3. The average Bonchev–Trinajstić information content (AvgIpc) is 3.22. The molecule has 0 saturated carbocycles. The molecule has 0 aliphatic carbocycles. The van der Waals surface area contributed by atoms with Gasteiger partial charge in [0, 0.05) is 18.3 Å². The minimum atomic E-state index is -1.03. The number of ether oxygens (including phenoxy) is 2. The number of esters is 1. The Labute approximate surface area is 209 Å². The highest BCUT2D eigenvalue weighted by molar-refractivity contribution is 6.44. The summed E-state index contributed by atoms with van der Waals surface area (Å²) in [4.78, 5) is 36.7. The largest absolute Gasteiger partial charge is 0.491 e. The first-order valence-electron chi connectivity index (χ1n) is 11.8. The van der Waals surface area contributed by atoms with Crippen LogP contribution in [0, 0.1) is 0 Å². The van der Waals surface area contributed by atoms with Crippen LogP contribution in [-0.4, -0.2) is 35.8 Å². The van der Waals surface area contributed by atoms with Gasteiger partial charge < -0.3 is 19.6 Å². The molecular weight excluding hydrogens is 456 g/mol. The van der Waals surface area contributed by atoms with E-state index in [-0.39, 0.29) is 18.6 Å². The van der Waals surface area contributed by atoms with Gasteiger partial charge in [-0.2, -0.15) is 0 Å². The maximum atomic E-state index is 13.1. The molecule has 0 radical (unpaired) electrons. The quantitative estimate of drug-likeness (QED) is 0.205. The first-order chi connectivity index (χ1) is 17.5. The van der Waals surface area contributed by atoms with Crippen molar-refractivity contribution >= 4 is 23.2 Å². The van der Waals surface area contributed by atoms with Gasteiger partial charge in [-0.3, -0.25) is 14.4 Å². The monoisotopic (exact) mass is 484 g/mol. The Balaban J connectivity index is 1.87. The lowest BCUT2D eigenvalue weighted by molar-refractivity contribution is -0.141. The molecule has 0 aliphatic rings. The first kappa shape index (κ1) is 24.7. The van der Waals surface area contributed by atoms with Crippen LogP contribution in [0.3, 0.4) is 0 Å². The van der Waals surface area contributed by atoms with E-state index in [2.05, 4.69) is 29.0 Å². The number of nitrogens with two attached hydrogens (primary N) is 1. The molecule has 1 amide bonds. The minimum Gasteiger partial charge on any atom is -0.491 e. The topological polar surface area (TPSA) is 100 Å². The molecule has 0 aliphatic heterocycles. The normalized spacial score (nSPS) is 10.8. The third-order valence-electron chi connectivity index (χ3n) is 6.19. The van der Waals surface area contributed by atoms with Crippen LogP contribution in [0.2, 0.25) is 0 Å². The van der Waals surface area contributed by atoms with E-state index in [1.54, 1.807) is 6.07 Å². The number of rotatable bonds is 10. The fourth-order valence-corrected chi connectivity index (χ4v) is 4.55. The van der Waals surface area contributed by atoms with Crippen LogP contribution in [-0.2, 0) is 27.2 Å². The van der Waals surface area contributed by atoms with E-state index >= 15 is 0 Å². The minimum absolute atomic E-state index is 0.0509. The number of pyridine rings is 1. The molecule has 2 heterocycles. The number of methoxy groups -OCH3 is 1. The van der Waals surface area contributed by atoms with Crippen LogP contribution in [0.4, 0.5) is 0 Å². The smallest absolute Gasteiger partial charge is 0.308 e. The number of hydrogen-bond donors (Lipinski definition) is 1. The summed E-state index contributed by atoms with van der Waals surface area (Å²) in [5.74, 6) is -1.81. The lowest BCUT2D eigenvalue weighted by atomic mass is 9.94. The lowest BCUT2D eigenvalue weighted by Crippen LogP contribution is -2.24. The molecule has 0 unspecified atom stereocenters. The van der Waals surface area contributed by atoms with E-state index in [1.165, 1.54) is 7.11 Å². The van der Waals surface area contributed by atoms with Gasteiger partial charge in [0.1, 0.15) is 5.75 Å². The van der Waals surface area contributed by atoms with Crippen molar-refractivity contribution in [3.05, 3.63) is 95.3 Å². The molecule has 7 heteroatoms. The summed E-state index contributed by atoms with van der Waals surface area (Å²) in [6.45, 7) is 2.01. The Morgan fingerprint density at radius 1 is 0.944 bits per heavy atom. The number of ketones is 1. The van der Waals surface area contributed by atoms with E-state index in [1.807, 2.05) is 53.9 Å². The molecule has 2 aromatic heterocycles. The summed E-state index contributed by atoms with van der Waals surface area (Å²) in [7, 11) is 1.31. The number of fused-ring (bicyclic) bond motifs is 1. The molecule has 0 bridgehead atoms. The summed E-state index contributed by atoms with van der Waals surface area (Å²) in [5.41, 5.74) is 11.0. The van der Waals surface area contributed by atoms with Crippen molar-refractivity contribution in [2.45, 2.75) is 26.2 Å². The van der Waals surface area contributed by atoms with Gasteiger partial charge in [-0.1, -0.05) is 61.5 Å². The first-order valence-corrected chi connectivity index (χ1v) is 11.8. The Morgan fingerprint density at radius 2 is 1.67 bits per heavy atom. The molecule has 36 heavy (non-hydrogen) atoms. The van der Waals surface area contributed by atoms with Crippen molar-refractivity contribution in [1.82, 2.24) is 4.40 Å². The van der Waals surface area contributed by atoms with Crippen molar-refractivity contribution in [2.75, 3.05) is 13.7 Å². The molecule has 0 atom stereocenters. The fraction of sp³-hybridized carbons (Fsp3) is 0.207. The van der Waals surface area contributed by atoms with Gasteiger partial charge in [0.25, 0.3) is 11.7 Å². The number of Topliss-reactive ketones (excluding diaryl/α,β-unsaturated/α-hetero) is 1. The standard InChI is InChI=1S/C29H28N2O5/c1-3-21-23(18-20-12-7-8-13-22(20)19-10-5-4-6-11-19)31-16-9-14-24(36-17-15-25(32)35-2)27(31)26(21)28(33)29(30)34/h4-14,16H,3,15,17-18H2,1-2H3,(H2,30,34). The highest BCUT2D eigenvalue weighted by atomic mass is 16.5. The zero-order chi connectivity index (χ0) is 25.7. The number of aromatic nitrogens is 1. The van der Waals surface area contributed by atoms with Crippen LogP contribution in [0.1, 0.15) is 40.5 Å². The average molecular weight is 485 g/mol. The Hall–Kier alpha value is -4.39. The van der Waals surface area contributed by atoms with E-state index in [4.69, 9.17) is 10.5 Å². The Bertz CT molecular complexity index is 1420. The summed E-state index contributed by atoms with van der Waals surface area (Å²) in [6.07, 6.45) is 2.93. The summed E-state index contributed by atoms with van der Waals surface area (Å²) in [5, 5.41) is 0. The number of primary amides is 1. The fourth-order valence-electron chi connectivity index (χ4n) is 4.55. The SMILES string of the molecule is CCc1c(C(=O)C(N)=O)c2c(OCCC(=O)OC)cccn2c1Cc1ccccc1-c1ccccc1. The summed E-state index contributed by atoms with van der Waals surface area (Å²) >= 11 is 0. The van der Waals surface area contributed by atoms with Gasteiger partial charge in [0.15, 0.2) is 0 Å². The van der Waals surface area contributed by atoms with Gasteiger partial charge in [0.05, 0.1) is 31.2 Å². The number of hydrogen-bond acceptors (Lipinski definition) is 5. The highest BCUT2D eigenvalue weighted by Crippen LogP contribution is 2.35. The molecule has 4 aromatic rings. The van der Waals surface area contributed by atoms with Gasteiger partial charge in [-0.25, -0.2) is 0 Å². The molecule has 4 rings (SSSR count). The van der Waals surface area contributed by atoms with Crippen LogP contribution in [0.5, 0.6) is 5.75 Å². The number of nitrogens with zero attached hydrogens (tertiary/aromatic N) is 1. The molecule has 2 aromatic carbocycles. The highest BCUT2D eigenvalue weighted by Gasteiger charge is 2.28. The maximum absolute atomic E-state index is 13.1. The van der Waals surface area contributed by atoms with Gasteiger partial charge in [0.2, 0.25) is 0 Å². The van der Waals surface area contributed by atoms with Crippen molar-refractivity contribution in [2.24, 2.45) is 5.73 Å². The molecule has 184 valence electrons. The van der Waals surface area contributed by atoms with E-state index < -0.39 is 17.7 Å². The lowest BCUT2D eigenvalue weighted by Gasteiger charge is -2.12. The molecule has 2 N–H and O–H groups in total. The molecule has 0 spiro atoms. The molecule has 7 nitrogen and oxygen atoms in total. The summed E-state index contributed by atoms with van der Waals surface area (Å²) < 4.78 is 12.5. The van der Waals surface area contributed by atoms with Crippen LogP contribution < -0.4 is 10.5 Å². The second-order valence-corrected chi connectivity index (χ2v) is 8.31. The van der Waals surface area contributed by atoms with Crippen LogP contribution >= 0.6 is 0 Å². The Morgan fingerprint density at radius 3 is 2.36 bits per heavy atom. The van der Waals surface area contributed by atoms with Crippen molar-refractivity contribution in [3.63, 3.8) is 0 Å². The van der Waals surface area contributed by atoms with Crippen LogP contribution in [0.15, 0.2) is 72.9 Å². The number of benzene rings is 2.